The summed E-state index contributed by atoms with van der Waals surface area (Å²) in [6, 6.07) is 28.0. The van der Waals surface area contributed by atoms with Crippen LogP contribution in [-0.4, -0.2) is 51.8 Å². The van der Waals surface area contributed by atoms with Crippen molar-refractivity contribution < 1.29 is 28.9 Å². The van der Waals surface area contributed by atoms with Crippen molar-refractivity contribution in [3.8, 4) is 22.8 Å². The quantitative estimate of drug-likeness (QED) is 0.103. The minimum atomic E-state index is -0.829. The van der Waals surface area contributed by atoms with Crippen LogP contribution in [-0.2, 0) is 22.7 Å². The number of esters is 2. The third-order valence-corrected chi connectivity index (χ3v) is 7.02. The number of carbonyl (C=O) groups excluding carboxylic acids is 2. The van der Waals surface area contributed by atoms with E-state index in [9.17, 15) is 29.8 Å². The fraction of sp³-hybridized carbons (Fsp3) is 0.0625. The van der Waals surface area contributed by atoms with Crippen molar-refractivity contribution in [1.82, 2.24) is 30.0 Å². The van der Waals surface area contributed by atoms with Gasteiger partial charge in [-0.25, -0.2) is 19.0 Å². The molecule has 0 aliphatic heterocycles. The van der Waals surface area contributed by atoms with Gasteiger partial charge < -0.3 is 9.47 Å². The van der Waals surface area contributed by atoms with Gasteiger partial charge in [-0.3, -0.25) is 20.2 Å². The maximum atomic E-state index is 13.0. The topological polar surface area (TPSA) is 200 Å². The van der Waals surface area contributed by atoms with Crippen molar-refractivity contribution >= 4 is 23.3 Å². The summed E-state index contributed by atoms with van der Waals surface area (Å²) in [5, 5.41) is 39.7. The van der Waals surface area contributed by atoms with Crippen LogP contribution in [0.2, 0.25) is 0 Å². The third-order valence-electron chi connectivity index (χ3n) is 7.02. The number of nitro benzene ring substituents is 2. The van der Waals surface area contributed by atoms with Gasteiger partial charge in [0.1, 0.15) is 36.0 Å². The number of carbonyl (C=O) groups is 2. The Labute approximate surface area is 270 Å². The van der Waals surface area contributed by atoms with E-state index in [2.05, 4.69) is 20.6 Å². The predicted octanol–water partition coefficient (Wildman–Crippen LogP) is 5.05. The third kappa shape index (κ3) is 6.47. The Balaban J connectivity index is 1.38. The molecule has 0 radical (unpaired) electrons. The van der Waals surface area contributed by atoms with E-state index in [-0.39, 0.29) is 58.5 Å². The first-order valence-corrected chi connectivity index (χ1v) is 14.1. The van der Waals surface area contributed by atoms with Crippen LogP contribution in [0.25, 0.3) is 22.8 Å². The second-order valence-corrected chi connectivity index (χ2v) is 10.0. The highest BCUT2D eigenvalue weighted by atomic mass is 16.6. The van der Waals surface area contributed by atoms with E-state index in [0.29, 0.717) is 11.4 Å². The molecule has 0 amide bonds. The van der Waals surface area contributed by atoms with Crippen molar-refractivity contribution in [1.29, 1.82) is 0 Å². The van der Waals surface area contributed by atoms with Crippen LogP contribution in [0.5, 0.6) is 0 Å². The molecular formula is C32H22N8O8. The minimum Gasteiger partial charge on any atom is -0.455 e. The van der Waals surface area contributed by atoms with E-state index in [1.54, 1.807) is 48.5 Å². The number of nitro groups is 2. The maximum absolute atomic E-state index is 13.0. The standard InChI is InChI=1S/C32H22N8O8/c41-31(21-9-7-15-25(17-21)39(43)44)47-19-27-29(33-35-37(27)23-11-3-1-4-12-23)30-28(38(36-34-30)24-13-5-2-6-14-24)20-48-32(42)22-10-8-16-26(18-22)40(45)46/h1-18H,19-20H2. The average Bonchev–Trinajstić information content (AvgIpc) is 3.74. The number of rotatable bonds is 11. The molecule has 16 heteroatoms. The number of hydrogen-bond acceptors (Lipinski definition) is 12. The molecule has 16 nitrogen and oxygen atoms in total. The molecule has 4 aromatic carbocycles. The molecule has 0 N–H and O–H groups in total. The molecule has 6 aromatic rings. The lowest BCUT2D eigenvalue weighted by atomic mass is 10.2. The highest BCUT2D eigenvalue weighted by Crippen LogP contribution is 2.28. The van der Waals surface area contributed by atoms with Crippen LogP contribution in [0.15, 0.2) is 109 Å². The van der Waals surface area contributed by atoms with Gasteiger partial charge in [0.05, 0.1) is 32.3 Å². The first-order valence-electron chi connectivity index (χ1n) is 14.1. The van der Waals surface area contributed by atoms with Gasteiger partial charge in [-0.05, 0) is 36.4 Å². The summed E-state index contributed by atoms with van der Waals surface area (Å²) < 4.78 is 14.1. The molecule has 0 spiro atoms. The van der Waals surface area contributed by atoms with E-state index < -0.39 is 21.8 Å². The highest BCUT2D eigenvalue weighted by molar-refractivity contribution is 5.90. The largest absolute Gasteiger partial charge is 0.455 e. The Morgan fingerprint density at radius 2 is 0.979 bits per heavy atom. The number of hydrogen-bond donors (Lipinski definition) is 0. The maximum Gasteiger partial charge on any atom is 0.338 e. The number of ether oxygens (including phenoxy) is 2. The number of nitrogens with zero attached hydrogens (tertiary/aromatic N) is 8. The lowest BCUT2D eigenvalue weighted by Crippen LogP contribution is -2.12. The van der Waals surface area contributed by atoms with Crippen molar-refractivity contribution in [3.05, 3.63) is 152 Å². The van der Waals surface area contributed by atoms with E-state index in [1.807, 2.05) is 12.1 Å². The van der Waals surface area contributed by atoms with Gasteiger partial charge in [0.15, 0.2) is 0 Å². The highest BCUT2D eigenvalue weighted by Gasteiger charge is 2.27. The van der Waals surface area contributed by atoms with Crippen molar-refractivity contribution in [2.75, 3.05) is 0 Å². The van der Waals surface area contributed by atoms with Gasteiger partial charge in [0.2, 0.25) is 0 Å². The lowest BCUT2D eigenvalue weighted by Gasteiger charge is -2.11. The summed E-state index contributed by atoms with van der Waals surface area (Å²) in [5.74, 6) is -1.66. The van der Waals surface area contributed by atoms with Gasteiger partial charge in [-0.1, -0.05) is 59.0 Å². The van der Waals surface area contributed by atoms with Crippen LogP contribution in [0.1, 0.15) is 32.1 Å². The number of non-ortho nitro benzene ring substituents is 2. The van der Waals surface area contributed by atoms with E-state index >= 15 is 0 Å². The Bertz CT molecular complexity index is 1990. The Morgan fingerprint density at radius 1 is 0.583 bits per heavy atom. The van der Waals surface area contributed by atoms with Gasteiger partial charge in [-0.15, -0.1) is 10.2 Å². The fourth-order valence-electron chi connectivity index (χ4n) is 4.71. The van der Waals surface area contributed by atoms with Crippen LogP contribution in [0.4, 0.5) is 11.4 Å². The molecule has 0 atom stereocenters. The van der Waals surface area contributed by atoms with Crippen molar-refractivity contribution in [2.24, 2.45) is 0 Å². The minimum absolute atomic E-state index is 0.0340. The van der Waals surface area contributed by atoms with Crippen LogP contribution in [0, 0.1) is 20.2 Å². The summed E-state index contributed by atoms with van der Waals surface area (Å²) in [6.07, 6.45) is 0. The Morgan fingerprint density at radius 3 is 1.35 bits per heavy atom. The molecule has 48 heavy (non-hydrogen) atoms. The molecule has 0 aliphatic carbocycles. The molecule has 0 unspecified atom stereocenters. The van der Waals surface area contributed by atoms with Crippen molar-refractivity contribution in [2.45, 2.75) is 13.2 Å². The molecule has 0 saturated carbocycles. The van der Waals surface area contributed by atoms with E-state index in [4.69, 9.17) is 9.47 Å². The van der Waals surface area contributed by atoms with Crippen molar-refractivity contribution in [3.63, 3.8) is 0 Å². The zero-order valence-corrected chi connectivity index (χ0v) is 24.7. The zero-order chi connectivity index (χ0) is 33.6. The van der Waals surface area contributed by atoms with E-state index in [0.717, 1.165) is 12.1 Å². The smallest absolute Gasteiger partial charge is 0.338 e. The summed E-state index contributed by atoms with van der Waals surface area (Å²) >= 11 is 0. The van der Waals surface area contributed by atoms with Gasteiger partial charge in [-0.2, -0.15) is 0 Å². The first kappa shape index (κ1) is 30.9. The van der Waals surface area contributed by atoms with Crippen LogP contribution < -0.4 is 0 Å². The second kappa shape index (κ2) is 13.5. The number of para-hydroxylation sites is 2. The summed E-state index contributed by atoms with van der Waals surface area (Å²) in [7, 11) is 0. The fourth-order valence-corrected chi connectivity index (χ4v) is 4.71. The number of aromatic nitrogens is 6. The van der Waals surface area contributed by atoms with Crippen LogP contribution >= 0.6 is 0 Å². The SMILES string of the molecule is O=C(OCc1c(-c2nnn(-c3ccccc3)c2COC(=O)c2cccc([N+](=O)[O-])c2)nnn1-c1ccccc1)c1cccc([N+](=O)[O-])c1. The molecule has 0 bridgehead atoms. The van der Waals surface area contributed by atoms with Crippen LogP contribution in [0.3, 0.4) is 0 Å². The summed E-state index contributed by atoms with van der Waals surface area (Å²) in [5.41, 5.74) is 1.37. The molecule has 0 aliphatic rings. The lowest BCUT2D eigenvalue weighted by molar-refractivity contribution is -0.385. The Hall–Kier alpha value is -7.10. The molecular weight excluding hydrogens is 624 g/mol. The number of benzene rings is 4. The molecule has 2 aromatic heterocycles. The summed E-state index contributed by atoms with van der Waals surface area (Å²) in [4.78, 5) is 47.3. The van der Waals surface area contributed by atoms with Gasteiger partial charge in [0, 0.05) is 24.3 Å². The first-order chi connectivity index (χ1) is 23.3. The average molecular weight is 647 g/mol. The van der Waals surface area contributed by atoms with Gasteiger partial charge >= 0.3 is 11.9 Å². The second-order valence-electron chi connectivity index (χ2n) is 10.0. The molecule has 6 rings (SSSR count). The summed E-state index contributed by atoms with van der Waals surface area (Å²) in [6.45, 7) is -0.770. The monoisotopic (exact) mass is 646 g/mol. The molecule has 2 heterocycles. The van der Waals surface area contributed by atoms with E-state index in [1.165, 1.54) is 45.8 Å². The normalized spacial score (nSPS) is 10.8. The Kier molecular flexibility index (Phi) is 8.69. The molecule has 238 valence electrons. The van der Waals surface area contributed by atoms with Gasteiger partial charge in [0.25, 0.3) is 11.4 Å². The zero-order valence-electron chi connectivity index (χ0n) is 24.7. The predicted molar refractivity (Wildman–Crippen MR) is 166 cm³/mol. The molecule has 0 saturated heterocycles. The molecule has 0 fully saturated rings.